The van der Waals surface area contributed by atoms with Gasteiger partial charge in [0.25, 0.3) is 0 Å². The zero-order chi connectivity index (χ0) is 23.1. The minimum absolute atomic E-state index is 0.0889. The molecule has 2 amide bonds. The Bertz CT molecular complexity index is 1100. The number of carboxylic acid groups (broad SMARTS) is 1. The Balaban J connectivity index is 1.24. The molecule has 4 N–H and O–H groups in total. The monoisotopic (exact) mass is 449 g/mol. The summed E-state index contributed by atoms with van der Waals surface area (Å²) in [7, 11) is 0. The fourth-order valence-electron chi connectivity index (χ4n) is 5.17. The lowest BCUT2D eigenvalue weighted by atomic mass is 9.85. The number of hydrogen-bond acceptors (Lipinski definition) is 6. The van der Waals surface area contributed by atoms with Crippen molar-refractivity contribution in [3.63, 3.8) is 0 Å². The first-order valence-electron chi connectivity index (χ1n) is 10.8. The average Bonchev–Trinajstić information content (AvgIpc) is 3.35. The summed E-state index contributed by atoms with van der Waals surface area (Å²) in [4.78, 5) is 48.7. The summed E-state index contributed by atoms with van der Waals surface area (Å²) in [6.07, 6.45) is -1.14. The van der Waals surface area contributed by atoms with Gasteiger partial charge in [-0.05, 0) is 22.3 Å². The van der Waals surface area contributed by atoms with Gasteiger partial charge in [0.1, 0.15) is 6.61 Å². The molecular formula is C24H23N3O6. The van der Waals surface area contributed by atoms with Crippen molar-refractivity contribution >= 4 is 23.8 Å². The zero-order valence-corrected chi connectivity index (χ0v) is 17.6. The second kappa shape index (κ2) is 8.32. The number of rotatable bonds is 5. The molecule has 3 aliphatic rings. The summed E-state index contributed by atoms with van der Waals surface area (Å²) >= 11 is 0. The highest BCUT2D eigenvalue weighted by molar-refractivity contribution is 6.03. The molecule has 0 aromatic heterocycles. The van der Waals surface area contributed by atoms with E-state index in [9.17, 15) is 19.2 Å². The van der Waals surface area contributed by atoms with Crippen LogP contribution in [0.1, 0.15) is 23.5 Å². The van der Waals surface area contributed by atoms with Gasteiger partial charge in [-0.3, -0.25) is 14.4 Å². The summed E-state index contributed by atoms with van der Waals surface area (Å²) in [6.45, 7) is 0.346. The van der Waals surface area contributed by atoms with E-state index in [-0.39, 0.29) is 24.9 Å². The van der Waals surface area contributed by atoms with Gasteiger partial charge in [-0.25, -0.2) is 4.79 Å². The summed E-state index contributed by atoms with van der Waals surface area (Å²) in [5, 5.41) is 17.1. The normalized spacial score (nSPS) is 25.6. The van der Waals surface area contributed by atoms with Crippen LogP contribution in [-0.4, -0.2) is 60.1 Å². The molecule has 170 valence electrons. The van der Waals surface area contributed by atoms with Gasteiger partial charge in [-0.15, -0.1) is 0 Å². The van der Waals surface area contributed by atoms with Crippen molar-refractivity contribution in [1.29, 1.82) is 0 Å². The molecule has 0 saturated carbocycles. The first kappa shape index (κ1) is 21.1. The Kier molecular flexibility index (Phi) is 5.33. The van der Waals surface area contributed by atoms with Crippen LogP contribution in [-0.2, 0) is 19.1 Å². The minimum Gasteiger partial charge on any atom is -0.481 e. The van der Waals surface area contributed by atoms with Crippen LogP contribution in [0.2, 0.25) is 0 Å². The van der Waals surface area contributed by atoms with Gasteiger partial charge in [0, 0.05) is 12.5 Å². The van der Waals surface area contributed by atoms with E-state index in [4.69, 9.17) is 9.84 Å². The van der Waals surface area contributed by atoms with Crippen LogP contribution in [0.3, 0.4) is 0 Å². The van der Waals surface area contributed by atoms with Gasteiger partial charge in [-0.2, -0.15) is 0 Å². The molecule has 2 aliphatic heterocycles. The number of benzene rings is 2. The molecule has 0 bridgehead atoms. The van der Waals surface area contributed by atoms with E-state index in [0.29, 0.717) is 0 Å². The largest absolute Gasteiger partial charge is 0.481 e. The SMILES string of the molecule is O=C(O)C[C@@H]1NC(=O)[C@@H]2[C@H](NC[C@H]2NC(=O)OCC2c3ccccc3-c3ccccc32)C1=O. The van der Waals surface area contributed by atoms with E-state index in [1.807, 2.05) is 36.4 Å². The number of aliphatic carboxylic acids is 1. The van der Waals surface area contributed by atoms with Crippen molar-refractivity contribution in [2.75, 3.05) is 13.2 Å². The Labute approximate surface area is 189 Å². The smallest absolute Gasteiger partial charge is 0.407 e. The van der Waals surface area contributed by atoms with Crippen molar-refractivity contribution in [1.82, 2.24) is 16.0 Å². The topological polar surface area (TPSA) is 134 Å². The van der Waals surface area contributed by atoms with Crippen molar-refractivity contribution in [2.45, 2.75) is 30.5 Å². The van der Waals surface area contributed by atoms with E-state index in [0.717, 1.165) is 22.3 Å². The van der Waals surface area contributed by atoms with E-state index >= 15 is 0 Å². The molecular weight excluding hydrogens is 426 g/mol. The molecule has 0 spiro atoms. The van der Waals surface area contributed by atoms with Crippen LogP contribution >= 0.6 is 0 Å². The molecule has 9 heteroatoms. The first-order valence-corrected chi connectivity index (χ1v) is 10.8. The molecule has 2 saturated heterocycles. The number of Topliss-reactive ketones (excluding diaryl/α,β-unsaturated/α-hetero) is 1. The third kappa shape index (κ3) is 3.74. The zero-order valence-electron chi connectivity index (χ0n) is 17.6. The molecule has 2 aromatic carbocycles. The van der Waals surface area contributed by atoms with Crippen molar-refractivity contribution in [3.8, 4) is 11.1 Å². The molecule has 1 aliphatic carbocycles. The summed E-state index contributed by atoms with van der Waals surface area (Å²) in [5.41, 5.74) is 4.43. The molecule has 2 aromatic rings. The van der Waals surface area contributed by atoms with E-state index < -0.39 is 48.4 Å². The number of carbonyl (C=O) groups is 4. The lowest BCUT2D eigenvalue weighted by molar-refractivity contribution is -0.144. The van der Waals surface area contributed by atoms with E-state index in [1.165, 1.54) is 0 Å². The van der Waals surface area contributed by atoms with Crippen LogP contribution < -0.4 is 16.0 Å². The van der Waals surface area contributed by atoms with Crippen molar-refractivity contribution in [3.05, 3.63) is 59.7 Å². The molecule has 4 atom stereocenters. The molecule has 9 nitrogen and oxygen atoms in total. The fraction of sp³-hybridized carbons (Fsp3) is 0.333. The van der Waals surface area contributed by atoms with Crippen molar-refractivity contribution < 1.29 is 29.0 Å². The van der Waals surface area contributed by atoms with Crippen LogP contribution in [0.15, 0.2) is 48.5 Å². The number of alkyl carbamates (subject to hydrolysis) is 1. The van der Waals surface area contributed by atoms with Gasteiger partial charge < -0.3 is 25.8 Å². The molecule has 0 unspecified atom stereocenters. The average molecular weight is 449 g/mol. The van der Waals surface area contributed by atoms with Crippen molar-refractivity contribution in [2.24, 2.45) is 5.92 Å². The highest BCUT2D eigenvalue weighted by atomic mass is 16.5. The Morgan fingerprint density at radius 2 is 1.67 bits per heavy atom. The maximum Gasteiger partial charge on any atom is 0.407 e. The number of hydrogen-bond donors (Lipinski definition) is 4. The number of ether oxygens (including phenoxy) is 1. The van der Waals surface area contributed by atoms with Crippen LogP contribution in [0.5, 0.6) is 0 Å². The van der Waals surface area contributed by atoms with Gasteiger partial charge in [0.2, 0.25) is 5.91 Å². The van der Waals surface area contributed by atoms with Crippen LogP contribution in [0.4, 0.5) is 4.79 Å². The quantitative estimate of drug-likeness (QED) is 0.536. The first-order chi connectivity index (χ1) is 15.9. The second-order valence-corrected chi connectivity index (χ2v) is 8.55. The number of nitrogens with one attached hydrogen (secondary N) is 3. The van der Waals surface area contributed by atoms with Crippen LogP contribution in [0.25, 0.3) is 11.1 Å². The fourth-order valence-corrected chi connectivity index (χ4v) is 5.17. The Morgan fingerprint density at radius 1 is 1.03 bits per heavy atom. The Morgan fingerprint density at radius 3 is 2.30 bits per heavy atom. The number of carbonyl (C=O) groups excluding carboxylic acids is 3. The molecule has 5 rings (SSSR count). The summed E-state index contributed by atoms with van der Waals surface area (Å²) < 4.78 is 5.54. The molecule has 33 heavy (non-hydrogen) atoms. The van der Waals surface area contributed by atoms with E-state index in [1.54, 1.807) is 0 Å². The third-order valence-electron chi connectivity index (χ3n) is 6.65. The standard InChI is InChI=1S/C24H23N3O6/c28-19(29)9-17-22(30)21-20(23(31)26-17)18(10-25-21)27-24(32)33-11-16-14-7-3-1-5-12(14)13-6-2-4-8-15(13)16/h1-8,16-18,20-21,25H,9-11H2,(H,26,31)(H,27,32)(H,28,29)/t17-,18+,20-,21-/m0/s1. The number of carboxylic acids is 1. The maximum atomic E-state index is 12.6. The lowest BCUT2D eigenvalue weighted by Crippen LogP contribution is -2.61. The summed E-state index contributed by atoms with van der Waals surface area (Å²) in [6, 6.07) is 13.5. The minimum atomic E-state index is -1.17. The number of fused-ring (bicyclic) bond motifs is 4. The number of piperidine rings is 1. The molecule has 2 heterocycles. The number of amides is 2. The highest BCUT2D eigenvalue weighted by Gasteiger charge is 2.51. The number of ketones is 1. The molecule has 2 fully saturated rings. The second-order valence-electron chi connectivity index (χ2n) is 8.55. The van der Waals surface area contributed by atoms with Gasteiger partial charge in [-0.1, -0.05) is 48.5 Å². The van der Waals surface area contributed by atoms with Crippen LogP contribution in [0, 0.1) is 5.92 Å². The van der Waals surface area contributed by atoms with Gasteiger partial charge in [0.05, 0.1) is 30.5 Å². The predicted molar refractivity (Wildman–Crippen MR) is 116 cm³/mol. The summed E-state index contributed by atoms with van der Waals surface area (Å²) in [5.74, 6) is -2.92. The van der Waals surface area contributed by atoms with E-state index in [2.05, 4.69) is 28.1 Å². The Hall–Kier alpha value is -3.72. The third-order valence-corrected chi connectivity index (χ3v) is 6.65. The van der Waals surface area contributed by atoms with Gasteiger partial charge >= 0.3 is 12.1 Å². The maximum absolute atomic E-state index is 12.6. The lowest BCUT2D eigenvalue weighted by Gasteiger charge is -2.32. The van der Waals surface area contributed by atoms with Gasteiger partial charge in [0.15, 0.2) is 5.78 Å². The molecule has 0 radical (unpaired) electrons. The predicted octanol–water partition coefficient (Wildman–Crippen LogP) is 1.02. The highest BCUT2D eigenvalue weighted by Crippen LogP contribution is 2.44.